The number of halogens is 2. The average Bonchev–Trinajstić information content (AvgIpc) is 3.24. The van der Waals surface area contributed by atoms with Crippen molar-refractivity contribution in [2.24, 2.45) is 5.14 Å². The number of rotatable bonds is 7. The number of benzene rings is 3. The third-order valence-electron chi connectivity index (χ3n) is 6.80. The van der Waals surface area contributed by atoms with Gasteiger partial charge in [0.15, 0.2) is 5.78 Å². The summed E-state index contributed by atoms with van der Waals surface area (Å²) < 4.78 is 27.0. The van der Waals surface area contributed by atoms with Crippen molar-refractivity contribution < 1.29 is 18.0 Å². The van der Waals surface area contributed by atoms with Crippen molar-refractivity contribution >= 4 is 49.2 Å². The van der Waals surface area contributed by atoms with Crippen LogP contribution in [0.25, 0.3) is 5.69 Å². The molecule has 0 bridgehead atoms. The second-order valence-corrected chi connectivity index (χ2v) is 12.2. The van der Waals surface area contributed by atoms with Gasteiger partial charge in [0, 0.05) is 29.5 Å². The van der Waals surface area contributed by atoms with Gasteiger partial charge in [-0.05, 0) is 70.4 Å². The third-order valence-corrected chi connectivity index (χ3v) is 8.97. The molecule has 40 heavy (non-hydrogen) atoms. The zero-order valence-electron chi connectivity index (χ0n) is 21.1. The van der Waals surface area contributed by atoms with Gasteiger partial charge in [0.1, 0.15) is 5.69 Å². The highest BCUT2D eigenvalue weighted by Gasteiger charge is 2.32. The zero-order valence-corrected chi connectivity index (χ0v) is 24.2. The highest BCUT2D eigenvalue weighted by molar-refractivity contribution is 9.10. The van der Waals surface area contributed by atoms with Crippen LogP contribution in [0.3, 0.4) is 0 Å². The highest BCUT2D eigenvalue weighted by Crippen LogP contribution is 2.26. The number of primary sulfonamides is 1. The maximum atomic E-state index is 13.7. The van der Waals surface area contributed by atoms with Crippen molar-refractivity contribution in [1.29, 1.82) is 0 Å². The number of aromatic nitrogens is 2. The van der Waals surface area contributed by atoms with Gasteiger partial charge in [0.2, 0.25) is 10.0 Å². The summed E-state index contributed by atoms with van der Waals surface area (Å²) in [6.45, 7) is 0.479. The van der Waals surface area contributed by atoms with Crippen LogP contribution in [0.1, 0.15) is 38.5 Å². The number of hydrogen-bond donors (Lipinski definition) is 1. The van der Waals surface area contributed by atoms with Crippen molar-refractivity contribution in [3.8, 4) is 5.69 Å². The monoisotopic (exact) mass is 642 g/mol. The number of fused-ring (bicyclic) bond motifs is 1. The van der Waals surface area contributed by atoms with Crippen molar-refractivity contribution in [3.63, 3.8) is 0 Å². The molecule has 1 amide bonds. The fourth-order valence-corrected chi connectivity index (χ4v) is 5.72. The summed E-state index contributed by atoms with van der Waals surface area (Å²) in [4.78, 5) is 42.2. The van der Waals surface area contributed by atoms with Crippen LogP contribution in [-0.4, -0.2) is 40.7 Å². The van der Waals surface area contributed by atoms with Gasteiger partial charge in [-0.15, -0.1) is 0 Å². The second-order valence-electron chi connectivity index (χ2n) is 9.37. The minimum Gasteiger partial charge on any atom is -0.331 e. The summed E-state index contributed by atoms with van der Waals surface area (Å²) in [5.74, 6) is -0.549. The van der Waals surface area contributed by atoms with E-state index >= 15 is 0 Å². The van der Waals surface area contributed by atoms with Crippen molar-refractivity contribution in [3.05, 3.63) is 115 Å². The summed E-state index contributed by atoms with van der Waals surface area (Å²) in [6, 6.07) is 19.9. The van der Waals surface area contributed by atoms with Crippen LogP contribution in [0, 0.1) is 0 Å². The van der Waals surface area contributed by atoms with E-state index in [1.807, 2.05) is 30.3 Å². The number of ketones is 1. The van der Waals surface area contributed by atoms with Gasteiger partial charge in [-0.1, -0.05) is 41.9 Å². The lowest BCUT2D eigenvalue weighted by Crippen LogP contribution is -2.41. The predicted molar refractivity (Wildman–Crippen MR) is 154 cm³/mol. The molecule has 9 nitrogen and oxygen atoms in total. The van der Waals surface area contributed by atoms with E-state index in [9.17, 15) is 22.8 Å². The number of nitrogens with zero attached hydrogens (tertiary/aromatic N) is 3. The summed E-state index contributed by atoms with van der Waals surface area (Å²) in [5.41, 5.74) is 1.82. The Morgan fingerprint density at radius 1 is 0.975 bits per heavy atom. The molecule has 1 aliphatic rings. The van der Waals surface area contributed by atoms with E-state index in [2.05, 4.69) is 15.9 Å². The standard InChI is InChI=1S/C28H24BrClN4O5S/c29-22-12-7-19(16-23(22)30)27(36)32-14-15-33-24(17-32)26(25(35)13-6-18-4-2-1-3-5-18)34(28(33)37)20-8-10-21(11-9-20)40(31,38)39/h1-5,7-12,16H,6,13-15,17H2,(H2,31,38,39). The molecule has 0 saturated heterocycles. The molecule has 0 radical (unpaired) electrons. The Bertz CT molecular complexity index is 1780. The molecule has 12 heteroatoms. The van der Waals surface area contributed by atoms with Gasteiger partial charge in [-0.3, -0.25) is 18.7 Å². The number of carbonyl (C=O) groups is 2. The molecule has 4 aromatic rings. The predicted octanol–water partition coefficient (Wildman–Crippen LogP) is 4.17. The number of carbonyl (C=O) groups excluding carboxylic acids is 2. The minimum atomic E-state index is -3.94. The third kappa shape index (κ3) is 5.55. The Hall–Kier alpha value is -3.51. The first-order valence-corrected chi connectivity index (χ1v) is 15.1. The Morgan fingerprint density at radius 3 is 2.33 bits per heavy atom. The van der Waals surface area contributed by atoms with Gasteiger partial charge < -0.3 is 4.90 Å². The number of Topliss-reactive ketones (excluding diaryl/α,β-unsaturated/α-hetero) is 1. The van der Waals surface area contributed by atoms with Crippen LogP contribution in [0.4, 0.5) is 0 Å². The molecule has 1 aliphatic heterocycles. The summed E-state index contributed by atoms with van der Waals surface area (Å²) in [5, 5.41) is 5.63. The SMILES string of the molecule is NS(=O)(=O)c1ccc(-n2c(C(=O)CCc3ccccc3)c3n(c2=O)CCN(C(=O)c2ccc(Br)c(Cl)c2)C3)cc1. The maximum Gasteiger partial charge on any atom is 0.333 e. The fraction of sp³-hybridized carbons (Fsp3) is 0.179. The molecule has 0 unspecified atom stereocenters. The average molecular weight is 644 g/mol. The number of imidazole rings is 1. The van der Waals surface area contributed by atoms with E-state index in [0.29, 0.717) is 32.9 Å². The number of sulfonamides is 1. The van der Waals surface area contributed by atoms with E-state index < -0.39 is 15.7 Å². The largest absolute Gasteiger partial charge is 0.333 e. The number of aryl methyl sites for hydroxylation is 1. The summed E-state index contributed by atoms with van der Waals surface area (Å²) >= 11 is 9.53. The van der Waals surface area contributed by atoms with Crippen molar-refractivity contribution in [2.75, 3.05) is 6.54 Å². The molecule has 206 valence electrons. The molecule has 5 rings (SSSR count). The second kappa shape index (κ2) is 11.2. The first-order valence-electron chi connectivity index (χ1n) is 12.3. The van der Waals surface area contributed by atoms with E-state index in [1.54, 1.807) is 23.1 Å². The smallest absolute Gasteiger partial charge is 0.331 e. The highest BCUT2D eigenvalue weighted by atomic mass is 79.9. The lowest BCUT2D eigenvalue weighted by Gasteiger charge is -2.28. The van der Waals surface area contributed by atoms with Crippen LogP contribution >= 0.6 is 27.5 Å². The molecule has 0 aliphatic carbocycles. The quantitative estimate of drug-likeness (QED) is 0.303. The molecule has 1 aromatic heterocycles. The zero-order chi connectivity index (χ0) is 28.6. The van der Waals surface area contributed by atoms with Gasteiger partial charge in [-0.2, -0.15) is 0 Å². The summed E-state index contributed by atoms with van der Waals surface area (Å²) in [7, 11) is -3.94. The first kappa shape index (κ1) is 28.0. The molecule has 3 aromatic carbocycles. The van der Waals surface area contributed by atoms with E-state index in [0.717, 1.165) is 5.56 Å². The fourth-order valence-electron chi connectivity index (χ4n) is 4.78. The van der Waals surface area contributed by atoms with Crippen molar-refractivity contribution in [2.45, 2.75) is 30.8 Å². The normalized spacial score (nSPS) is 13.2. The molecule has 0 spiro atoms. The number of nitrogens with two attached hydrogens (primary N) is 1. The molecule has 2 heterocycles. The van der Waals surface area contributed by atoms with Crippen molar-refractivity contribution in [1.82, 2.24) is 14.0 Å². The molecule has 0 fully saturated rings. The lowest BCUT2D eigenvalue weighted by molar-refractivity contribution is 0.0707. The van der Waals surface area contributed by atoms with Crippen LogP contribution in [0.15, 0.2) is 87.0 Å². The molecular formula is C28H24BrClN4O5S. The van der Waals surface area contributed by atoms with Gasteiger partial charge in [0.05, 0.1) is 27.8 Å². The van der Waals surface area contributed by atoms with Gasteiger partial charge >= 0.3 is 5.69 Å². The van der Waals surface area contributed by atoms with Gasteiger partial charge in [-0.25, -0.2) is 18.4 Å². The van der Waals surface area contributed by atoms with E-state index in [1.165, 1.54) is 33.4 Å². The lowest BCUT2D eigenvalue weighted by atomic mass is 10.0. The number of hydrogen-bond acceptors (Lipinski definition) is 5. The van der Waals surface area contributed by atoms with Crippen LogP contribution in [-0.2, 0) is 29.5 Å². The van der Waals surface area contributed by atoms with Crippen LogP contribution in [0.2, 0.25) is 5.02 Å². The minimum absolute atomic E-state index is 0.0381. The van der Waals surface area contributed by atoms with Crippen LogP contribution in [0.5, 0.6) is 0 Å². The molecular weight excluding hydrogens is 620 g/mol. The Kier molecular flexibility index (Phi) is 7.83. The Morgan fingerprint density at radius 2 is 1.68 bits per heavy atom. The molecule has 2 N–H and O–H groups in total. The first-order chi connectivity index (χ1) is 19.0. The summed E-state index contributed by atoms with van der Waals surface area (Å²) in [6.07, 6.45) is 0.592. The van der Waals surface area contributed by atoms with Gasteiger partial charge in [0.25, 0.3) is 5.91 Å². The van der Waals surface area contributed by atoms with E-state index in [4.69, 9.17) is 16.7 Å². The topological polar surface area (TPSA) is 124 Å². The Balaban J connectivity index is 1.56. The molecule has 0 atom stereocenters. The molecule has 0 saturated carbocycles. The Labute approximate surface area is 244 Å². The van der Waals surface area contributed by atoms with E-state index in [-0.39, 0.29) is 48.3 Å². The maximum absolute atomic E-state index is 13.7. The van der Waals surface area contributed by atoms with Crippen LogP contribution < -0.4 is 10.8 Å². The number of amides is 1.